The third-order valence-corrected chi connectivity index (χ3v) is 3.11. The van der Waals surface area contributed by atoms with Crippen LogP contribution in [-0.2, 0) is 4.79 Å². The van der Waals surface area contributed by atoms with E-state index >= 15 is 0 Å². The summed E-state index contributed by atoms with van der Waals surface area (Å²) < 4.78 is 5.54. The second-order valence-corrected chi connectivity index (χ2v) is 5.10. The van der Waals surface area contributed by atoms with E-state index in [1.807, 2.05) is 6.92 Å². The quantitative estimate of drug-likeness (QED) is 0.532. The van der Waals surface area contributed by atoms with Crippen LogP contribution < -0.4 is 10.5 Å². The van der Waals surface area contributed by atoms with E-state index in [1.165, 1.54) is 12.1 Å². The number of nitrogens with two attached hydrogens (primary N) is 1. The lowest BCUT2D eigenvalue weighted by Gasteiger charge is -2.18. The molecule has 116 valence electrons. The molecule has 0 aromatic heterocycles. The number of hydrogen-bond acceptors (Lipinski definition) is 5. The molecular weight excluding hydrogens is 276 g/mol. The highest BCUT2D eigenvalue weighted by Gasteiger charge is 2.16. The number of aliphatic carboxylic acids is 1. The van der Waals surface area contributed by atoms with Crippen LogP contribution >= 0.6 is 0 Å². The van der Waals surface area contributed by atoms with E-state index in [2.05, 4.69) is 0 Å². The minimum atomic E-state index is -0.853. The maximum atomic E-state index is 10.7. The Morgan fingerprint density at radius 3 is 2.52 bits per heavy atom. The highest BCUT2D eigenvalue weighted by molar-refractivity contribution is 5.67. The Morgan fingerprint density at radius 1 is 1.43 bits per heavy atom. The van der Waals surface area contributed by atoms with E-state index in [4.69, 9.17) is 15.6 Å². The Balaban J connectivity index is 2.43. The molecule has 0 bridgehead atoms. The molecular formula is C14H20N2O5. The SMILES string of the molecule is CC(COc1ccc([N+](=O)[O-])cc1)CC(CN)CC(=O)O. The lowest BCUT2D eigenvalue weighted by atomic mass is 9.94. The third-order valence-electron chi connectivity index (χ3n) is 3.11. The van der Waals surface area contributed by atoms with Gasteiger partial charge in [0.1, 0.15) is 5.75 Å². The van der Waals surface area contributed by atoms with Gasteiger partial charge in [-0.1, -0.05) is 6.92 Å². The molecule has 1 rings (SSSR count). The van der Waals surface area contributed by atoms with Crippen molar-refractivity contribution in [3.63, 3.8) is 0 Å². The van der Waals surface area contributed by atoms with E-state index in [-0.39, 0.29) is 23.9 Å². The molecule has 1 aromatic carbocycles. The lowest BCUT2D eigenvalue weighted by molar-refractivity contribution is -0.384. The van der Waals surface area contributed by atoms with Crippen LogP contribution in [0.5, 0.6) is 5.75 Å². The molecule has 0 fully saturated rings. The highest BCUT2D eigenvalue weighted by Crippen LogP contribution is 2.20. The summed E-state index contributed by atoms with van der Waals surface area (Å²) in [5, 5.41) is 19.3. The van der Waals surface area contributed by atoms with E-state index < -0.39 is 10.9 Å². The second-order valence-electron chi connectivity index (χ2n) is 5.10. The lowest BCUT2D eigenvalue weighted by Crippen LogP contribution is -2.22. The number of nitro benzene ring substituents is 1. The van der Waals surface area contributed by atoms with Crippen molar-refractivity contribution in [2.45, 2.75) is 19.8 Å². The van der Waals surface area contributed by atoms with Crippen LogP contribution in [0.3, 0.4) is 0 Å². The van der Waals surface area contributed by atoms with E-state index in [1.54, 1.807) is 12.1 Å². The van der Waals surface area contributed by atoms with E-state index in [9.17, 15) is 14.9 Å². The summed E-state index contributed by atoms with van der Waals surface area (Å²) >= 11 is 0. The third kappa shape index (κ3) is 6.22. The Hall–Kier alpha value is -2.15. The molecule has 0 aliphatic carbocycles. The predicted molar refractivity (Wildman–Crippen MR) is 77.2 cm³/mol. The Labute approximate surface area is 122 Å². The standard InChI is InChI=1S/C14H20N2O5/c1-10(6-11(8-15)7-14(17)18)9-21-13-4-2-12(3-5-13)16(19)20/h2-5,10-11H,6-9,15H2,1H3,(H,17,18). The summed E-state index contributed by atoms with van der Waals surface area (Å²) in [6, 6.07) is 5.85. The first-order chi connectivity index (χ1) is 9.92. The molecule has 0 aliphatic heterocycles. The summed E-state index contributed by atoms with van der Waals surface area (Å²) in [5.41, 5.74) is 5.57. The monoisotopic (exact) mass is 296 g/mol. The molecule has 1 aromatic rings. The number of carboxylic acids is 1. The van der Waals surface area contributed by atoms with Gasteiger partial charge in [0.15, 0.2) is 0 Å². The van der Waals surface area contributed by atoms with E-state index in [0.717, 1.165) is 0 Å². The van der Waals surface area contributed by atoms with Crippen LogP contribution in [0.2, 0.25) is 0 Å². The molecule has 0 radical (unpaired) electrons. The first-order valence-electron chi connectivity index (χ1n) is 6.71. The van der Waals surface area contributed by atoms with Gasteiger partial charge in [-0.25, -0.2) is 0 Å². The van der Waals surface area contributed by atoms with E-state index in [0.29, 0.717) is 25.3 Å². The highest BCUT2D eigenvalue weighted by atomic mass is 16.6. The fourth-order valence-corrected chi connectivity index (χ4v) is 2.05. The summed E-state index contributed by atoms with van der Waals surface area (Å²) in [6.07, 6.45) is 0.716. The minimum Gasteiger partial charge on any atom is -0.493 e. The van der Waals surface area contributed by atoms with Gasteiger partial charge >= 0.3 is 5.97 Å². The number of carboxylic acid groups (broad SMARTS) is 1. The van der Waals surface area contributed by atoms with Crippen molar-refractivity contribution in [2.75, 3.05) is 13.2 Å². The molecule has 0 spiro atoms. The number of carbonyl (C=O) groups is 1. The smallest absolute Gasteiger partial charge is 0.303 e. The largest absolute Gasteiger partial charge is 0.493 e. The Kier molecular flexibility index (Phi) is 6.61. The number of hydrogen-bond donors (Lipinski definition) is 2. The van der Waals surface area contributed by atoms with Gasteiger partial charge in [0.05, 0.1) is 11.5 Å². The van der Waals surface area contributed by atoms with Crippen LogP contribution in [0.15, 0.2) is 24.3 Å². The van der Waals surface area contributed by atoms with Crippen molar-refractivity contribution in [1.29, 1.82) is 0 Å². The fraction of sp³-hybridized carbons (Fsp3) is 0.500. The van der Waals surface area contributed by atoms with Crippen LogP contribution in [-0.4, -0.2) is 29.2 Å². The molecule has 7 heteroatoms. The molecule has 0 amide bonds. The predicted octanol–water partition coefficient (Wildman–Crippen LogP) is 2.05. The van der Waals surface area contributed by atoms with Crippen LogP contribution in [0.4, 0.5) is 5.69 Å². The van der Waals surface area contributed by atoms with Crippen molar-refractivity contribution in [3.05, 3.63) is 34.4 Å². The summed E-state index contributed by atoms with van der Waals surface area (Å²) in [5.74, 6) is -0.227. The van der Waals surface area contributed by atoms with Gasteiger partial charge < -0.3 is 15.6 Å². The zero-order chi connectivity index (χ0) is 15.8. The van der Waals surface area contributed by atoms with Crippen molar-refractivity contribution >= 4 is 11.7 Å². The number of nitro groups is 1. The molecule has 0 saturated heterocycles. The van der Waals surface area contributed by atoms with Crippen molar-refractivity contribution in [2.24, 2.45) is 17.6 Å². The van der Waals surface area contributed by atoms with Crippen LogP contribution in [0.1, 0.15) is 19.8 Å². The topological polar surface area (TPSA) is 116 Å². The molecule has 0 aliphatic rings. The molecule has 3 N–H and O–H groups in total. The fourth-order valence-electron chi connectivity index (χ4n) is 2.05. The van der Waals surface area contributed by atoms with Gasteiger partial charge in [0.25, 0.3) is 5.69 Å². The first kappa shape index (κ1) is 16.9. The molecule has 0 heterocycles. The summed E-state index contributed by atoms with van der Waals surface area (Å²) in [7, 11) is 0. The summed E-state index contributed by atoms with van der Waals surface area (Å²) in [4.78, 5) is 20.7. The van der Waals surface area contributed by atoms with Gasteiger partial charge in [0, 0.05) is 18.6 Å². The van der Waals surface area contributed by atoms with Gasteiger partial charge in [0.2, 0.25) is 0 Å². The van der Waals surface area contributed by atoms with Crippen molar-refractivity contribution in [1.82, 2.24) is 0 Å². The maximum absolute atomic E-state index is 10.7. The zero-order valence-corrected chi connectivity index (χ0v) is 11.9. The summed E-state index contributed by atoms with van der Waals surface area (Å²) in [6.45, 7) is 2.69. The van der Waals surface area contributed by atoms with Gasteiger partial charge in [-0.15, -0.1) is 0 Å². The maximum Gasteiger partial charge on any atom is 0.303 e. The molecule has 7 nitrogen and oxygen atoms in total. The normalized spacial score (nSPS) is 13.4. The van der Waals surface area contributed by atoms with Crippen molar-refractivity contribution < 1.29 is 19.6 Å². The first-order valence-corrected chi connectivity index (χ1v) is 6.71. The second kappa shape index (κ2) is 8.21. The Bertz CT molecular complexity index is 475. The number of ether oxygens (including phenoxy) is 1. The minimum absolute atomic E-state index is 0.0139. The van der Waals surface area contributed by atoms with Gasteiger partial charge in [-0.3, -0.25) is 14.9 Å². The number of rotatable bonds is 9. The van der Waals surface area contributed by atoms with Gasteiger partial charge in [-0.05, 0) is 36.9 Å². The van der Waals surface area contributed by atoms with Crippen molar-refractivity contribution in [3.8, 4) is 5.75 Å². The van der Waals surface area contributed by atoms with Gasteiger partial charge in [-0.2, -0.15) is 0 Å². The number of benzene rings is 1. The molecule has 21 heavy (non-hydrogen) atoms. The van der Waals surface area contributed by atoms with Crippen LogP contribution in [0.25, 0.3) is 0 Å². The molecule has 0 saturated carbocycles. The average Bonchev–Trinajstić information content (AvgIpc) is 2.44. The molecule has 2 unspecified atom stereocenters. The average molecular weight is 296 g/mol. The number of non-ortho nitro benzene ring substituents is 1. The van der Waals surface area contributed by atoms with Crippen LogP contribution in [0, 0.1) is 22.0 Å². The Morgan fingerprint density at radius 2 is 2.05 bits per heavy atom. The number of nitrogens with zero attached hydrogens (tertiary/aromatic N) is 1. The zero-order valence-electron chi connectivity index (χ0n) is 11.9. The molecule has 2 atom stereocenters.